The maximum atomic E-state index is 13.2. The molecule has 1 heterocycles. The molecule has 2 aromatic carbocycles. The van der Waals surface area contributed by atoms with Crippen LogP contribution in [0.15, 0.2) is 54.7 Å². The van der Waals surface area contributed by atoms with Crippen molar-refractivity contribution in [1.29, 1.82) is 0 Å². The van der Waals surface area contributed by atoms with Crippen LogP contribution >= 0.6 is 11.6 Å². The first-order valence-corrected chi connectivity index (χ1v) is 11.4. The van der Waals surface area contributed by atoms with Crippen molar-refractivity contribution in [3.05, 3.63) is 70.9 Å². The van der Waals surface area contributed by atoms with Crippen LogP contribution in [-0.4, -0.2) is 40.8 Å². The molecule has 1 aromatic heterocycles. The molecule has 0 spiro atoms. The van der Waals surface area contributed by atoms with Gasteiger partial charge in [-0.3, -0.25) is 14.4 Å². The van der Waals surface area contributed by atoms with E-state index < -0.39 is 23.9 Å². The van der Waals surface area contributed by atoms with Gasteiger partial charge < -0.3 is 20.9 Å². The number of halogens is 1. The van der Waals surface area contributed by atoms with E-state index in [4.69, 9.17) is 11.6 Å². The summed E-state index contributed by atoms with van der Waals surface area (Å²) in [6.07, 6.45) is 2.85. The van der Waals surface area contributed by atoms with Crippen molar-refractivity contribution in [3.63, 3.8) is 0 Å². The first kappa shape index (κ1) is 24.3. The zero-order valence-corrected chi connectivity index (χ0v) is 19.7. The number of para-hydroxylation sites is 1. The second-order valence-electron chi connectivity index (χ2n) is 8.12. The van der Waals surface area contributed by atoms with Gasteiger partial charge in [0.2, 0.25) is 11.8 Å². The van der Waals surface area contributed by atoms with Gasteiger partial charge in [0.1, 0.15) is 12.1 Å². The molecule has 0 aliphatic heterocycles. The van der Waals surface area contributed by atoms with Gasteiger partial charge in [-0.05, 0) is 44.0 Å². The second kappa shape index (κ2) is 11.0. The monoisotopic (exact) mass is 468 g/mol. The van der Waals surface area contributed by atoms with Gasteiger partial charge >= 0.3 is 0 Å². The summed E-state index contributed by atoms with van der Waals surface area (Å²) in [5.74, 6) is -1.19. The molecule has 4 N–H and O–H groups in total. The van der Waals surface area contributed by atoms with E-state index in [9.17, 15) is 14.4 Å². The van der Waals surface area contributed by atoms with E-state index in [0.717, 1.165) is 22.9 Å². The molecule has 0 saturated heterocycles. The Morgan fingerprint density at radius 2 is 1.64 bits per heavy atom. The molecule has 174 valence electrons. The molecule has 8 heteroatoms. The summed E-state index contributed by atoms with van der Waals surface area (Å²) in [4.78, 5) is 41.7. The van der Waals surface area contributed by atoms with Gasteiger partial charge in [0, 0.05) is 29.6 Å². The fourth-order valence-electron chi connectivity index (χ4n) is 3.46. The summed E-state index contributed by atoms with van der Waals surface area (Å²) in [5.41, 5.74) is 2.09. The molecule has 0 aliphatic rings. The Labute approximate surface area is 198 Å². The van der Waals surface area contributed by atoms with Gasteiger partial charge in [-0.1, -0.05) is 48.9 Å². The Bertz CT molecular complexity index is 1140. The molecule has 7 nitrogen and oxygen atoms in total. The number of amides is 3. The number of carbonyl (C=O) groups is 3. The van der Waals surface area contributed by atoms with Crippen LogP contribution in [0, 0.1) is 0 Å². The maximum Gasteiger partial charge on any atom is 0.253 e. The number of H-pyrrole nitrogens is 1. The zero-order chi connectivity index (χ0) is 24.0. The van der Waals surface area contributed by atoms with Gasteiger partial charge in [-0.25, -0.2) is 0 Å². The topological polar surface area (TPSA) is 103 Å². The molecule has 3 rings (SSSR count). The largest absolute Gasteiger partial charge is 0.361 e. The predicted octanol–water partition coefficient (Wildman–Crippen LogP) is 3.58. The number of hydrogen-bond acceptors (Lipinski definition) is 3. The Hall–Kier alpha value is -3.32. The van der Waals surface area contributed by atoms with Gasteiger partial charge in [0.05, 0.1) is 10.6 Å². The minimum absolute atomic E-state index is 0.00112. The van der Waals surface area contributed by atoms with E-state index in [1.807, 2.05) is 44.3 Å². The lowest BCUT2D eigenvalue weighted by molar-refractivity contribution is -0.129. The van der Waals surface area contributed by atoms with Crippen molar-refractivity contribution in [2.75, 3.05) is 0 Å². The zero-order valence-electron chi connectivity index (χ0n) is 18.9. The van der Waals surface area contributed by atoms with Gasteiger partial charge in [0.15, 0.2) is 0 Å². The lowest BCUT2D eigenvalue weighted by atomic mass is 10.0. The summed E-state index contributed by atoms with van der Waals surface area (Å²) in [5, 5.41) is 9.64. The van der Waals surface area contributed by atoms with Gasteiger partial charge in [0.25, 0.3) is 5.91 Å². The minimum atomic E-state index is -0.910. The molecular formula is C25H29ClN4O3. The summed E-state index contributed by atoms with van der Waals surface area (Å²) in [7, 11) is 0. The molecule has 0 aliphatic carbocycles. The van der Waals surface area contributed by atoms with Crippen LogP contribution in [0.2, 0.25) is 5.02 Å². The van der Waals surface area contributed by atoms with Crippen molar-refractivity contribution in [2.24, 2.45) is 0 Å². The van der Waals surface area contributed by atoms with Crippen LogP contribution in [0.5, 0.6) is 0 Å². The standard InChI is InChI=1S/C25H29ClN4O3/c1-4-15(2)28-23(31)16(3)29-25(33)22(30-24(32)19-10-5-7-11-20(19)26)13-17-14-27-21-12-8-6-9-18(17)21/h5-12,14-16,22,27H,4,13H2,1-3H3,(H,28,31)(H,29,33)(H,30,32). The SMILES string of the molecule is CCC(C)NC(=O)C(C)NC(=O)C(Cc1c[nH]c2ccccc12)NC(=O)c1ccccc1Cl. The molecule has 3 atom stereocenters. The van der Waals surface area contributed by atoms with Gasteiger partial charge in [-0.15, -0.1) is 0 Å². The Morgan fingerprint density at radius 3 is 2.36 bits per heavy atom. The summed E-state index contributed by atoms with van der Waals surface area (Å²) in [6, 6.07) is 12.7. The van der Waals surface area contributed by atoms with Crippen molar-refractivity contribution in [3.8, 4) is 0 Å². The van der Waals surface area contributed by atoms with Crippen molar-refractivity contribution in [1.82, 2.24) is 20.9 Å². The highest BCUT2D eigenvalue weighted by Crippen LogP contribution is 2.20. The molecule has 0 radical (unpaired) electrons. The van der Waals surface area contributed by atoms with Crippen LogP contribution in [0.25, 0.3) is 10.9 Å². The van der Waals surface area contributed by atoms with Gasteiger partial charge in [-0.2, -0.15) is 0 Å². The first-order valence-electron chi connectivity index (χ1n) is 11.0. The average molecular weight is 469 g/mol. The van der Waals surface area contributed by atoms with E-state index >= 15 is 0 Å². The van der Waals surface area contributed by atoms with Crippen LogP contribution in [0.3, 0.4) is 0 Å². The lowest BCUT2D eigenvalue weighted by Crippen LogP contribution is -2.54. The highest BCUT2D eigenvalue weighted by molar-refractivity contribution is 6.33. The molecular weight excluding hydrogens is 440 g/mol. The normalized spacial score (nSPS) is 13.7. The van der Waals surface area contributed by atoms with Crippen LogP contribution in [0.1, 0.15) is 43.1 Å². The number of benzene rings is 2. The Morgan fingerprint density at radius 1 is 0.939 bits per heavy atom. The highest BCUT2D eigenvalue weighted by atomic mass is 35.5. The van der Waals surface area contributed by atoms with Crippen molar-refractivity contribution < 1.29 is 14.4 Å². The van der Waals surface area contributed by atoms with E-state index in [2.05, 4.69) is 20.9 Å². The quantitative estimate of drug-likeness (QED) is 0.386. The van der Waals surface area contributed by atoms with Crippen molar-refractivity contribution in [2.45, 2.75) is 51.7 Å². The third-order valence-electron chi connectivity index (χ3n) is 5.59. The highest BCUT2D eigenvalue weighted by Gasteiger charge is 2.27. The number of carbonyl (C=O) groups excluding carboxylic acids is 3. The molecule has 0 saturated carbocycles. The molecule has 33 heavy (non-hydrogen) atoms. The molecule has 3 aromatic rings. The first-order chi connectivity index (χ1) is 15.8. The lowest BCUT2D eigenvalue weighted by Gasteiger charge is -2.22. The summed E-state index contributed by atoms with van der Waals surface area (Å²) in [6.45, 7) is 5.49. The minimum Gasteiger partial charge on any atom is -0.361 e. The number of fused-ring (bicyclic) bond motifs is 1. The maximum absolute atomic E-state index is 13.2. The number of hydrogen-bond donors (Lipinski definition) is 4. The number of rotatable bonds is 9. The Kier molecular flexibility index (Phi) is 8.11. The van der Waals surface area contributed by atoms with E-state index in [-0.39, 0.29) is 23.9 Å². The smallest absolute Gasteiger partial charge is 0.253 e. The van der Waals surface area contributed by atoms with Crippen LogP contribution < -0.4 is 16.0 Å². The molecule has 3 amide bonds. The fourth-order valence-corrected chi connectivity index (χ4v) is 3.68. The Balaban J connectivity index is 1.81. The predicted molar refractivity (Wildman–Crippen MR) is 130 cm³/mol. The number of nitrogens with one attached hydrogen (secondary N) is 4. The third kappa shape index (κ3) is 6.14. The van der Waals surface area contributed by atoms with Crippen molar-refractivity contribution >= 4 is 40.2 Å². The third-order valence-corrected chi connectivity index (χ3v) is 5.92. The fraction of sp³-hybridized carbons (Fsp3) is 0.320. The second-order valence-corrected chi connectivity index (χ2v) is 8.52. The molecule has 0 fully saturated rings. The van der Waals surface area contributed by atoms with Crippen LogP contribution in [-0.2, 0) is 16.0 Å². The average Bonchev–Trinajstić information content (AvgIpc) is 3.21. The summed E-state index contributed by atoms with van der Waals surface area (Å²) >= 11 is 6.17. The summed E-state index contributed by atoms with van der Waals surface area (Å²) < 4.78 is 0. The number of aromatic amines is 1. The molecule has 3 unspecified atom stereocenters. The van der Waals surface area contributed by atoms with E-state index in [1.54, 1.807) is 31.2 Å². The van der Waals surface area contributed by atoms with E-state index in [1.165, 1.54) is 0 Å². The van der Waals surface area contributed by atoms with E-state index in [0.29, 0.717) is 5.02 Å². The number of aromatic nitrogens is 1. The van der Waals surface area contributed by atoms with Crippen LogP contribution in [0.4, 0.5) is 0 Å². The molecule has 0 bridgehead atoms.